The first kappa shape index (κ1) is 22.0. The zero-order chi connectivity index (χ0) is 22.7. The second kappa shape index (κ2) is 9.51. The molecule has 0 spiro atoms. The molecule has 2 aromatic carbocycles. The van der Waals surface area contributed by atoms with Crippen LogP contribution in [0.4, 0.5) is 5.82 Å². The molecular formula is C24H21Cl2N3O3. The molecule has 0 aliphatic carbocycles. The summed E-state index contributed by atoms with van der Waals surface area (Å²) in [7, 11) is 0. The Kier molecular flexibility index (Phi) is 6.53. The van der Waals surface area contributed by atoms with Gasteiger partial charge in [0, 0.05) is 16.8 Å². The van der Waals surface area contributed by atoms with E-state index in [9.17, 15) is 4.79 Å². The van der Waals surface area contributed by atoms with E-state index in [0.717, 1.165) is 16.8 Å². The molecule has 0 saturated carbocycles. The molecular weight excluding hydrogens is 449 g/mol. The number of anilines is 1. The molecule has 0 aliphatic rings. The molecule has 0 bridgehead atoms. The fourth-order valence-electron chi connectivity index (χ4n) is 3.24. The molecule has 8 heteroatoms. The topological polar surface area (TPSA) is 69.3 Å². The number of aromatic nitrogens is 2. The Morgan fingerprint density at radius 1 is 1.09 bits per heavy atom. The molecule has 1 N–H and O–H groups in total. The molecule has 0 radical (unpaired) electrons. The summed E-state index contributed by atoms with van der Waals surface area (Å²) in [5.74, 6) is 1.32. The monoisotopic (exact) mass is 469 g/mol. The first-order valence-corrected chi connectivity index (χ1v) is 10.7. The number of benzene rings is 2. The number of hydrogen-bond acceptors (Lipinski definition) is 4. The minimum atomic E-state index is -0.391. The quantitative estimate of drug-likeness (QED) is 0.345. The molecule has 0 aliphatic heterocycles. The van der Waals surface area contributed by atoms with Crippen LogP contribution in [0.1, 0.15) is 33.1 Å². The van der Waals surface area contributed by atoms with Crippen molar-refractivity contribution in [3.63, 3.8) is 0 Å². The summed E-state index contributed by atoms with van der Waals surface area (Å²) in [6, 6.07) is 18.2. The molecule has 2 heterocycles. The van der Waals surface area contributed by atoms with E-state index in [-0.39, 0.29) is 12.4 Å². The van der Waals surface area contributed by atoms with E-state index in [4.69, 9.17) is 32.4 Å². The van der Waals surface area contributed by atoms with Gasteiger partial charge in [-0.3, -0.25) is 9.48 Å². The average molecular weight is 470 g/mol. The number of aryl methyl sites for hydroxylation is 2. The van der Waals surface area contributed by atoms with Crippen LogP contribution >= 0.6 is 23.2 Å². The Hall–Kier alpha value is -3.22. The number of rotatable bonds is 7. The van der Waals surface area contributed by atoms with Crippen molar-refractivity contribution in [2.75, 3.05) is 5.32 Å². The van der Waals surface area contributed by atoms with Gasteiger partial charge in [-0.25, -0.2) is 0 Å². The van der Waals surface area contributed by atoms with Crippen molar-refractivity contribution in [2.24, 2.45) is 0 Å². The summed E-state index contributed by atoms with van der Waals surface area (Å²) in [5.41, 5.74) is 2.85. The lowest BCUT2D eigenvalue weighted by Crippen LogP contribution is -2.12. The van der Waals surface area contributed by atoms with Gasteiger partial charge in [0.05, 0.1) is 11.6 Å². The van der Waals surface area contributed by atoms with Crippen LogP contribution in [0.2, 0.25) is 10.0 Å². The SMILES string of the molecule is Cc1cccc(Cl)c1OCc1ccc(C(=O)Nc2cc(C)n(Cc3cccc(Cl)c3)n2)o1. The molecule has 0 atom stereocenters. The van der Waals surface area contributed by atoms with Crippen LogP contribution in [0.15, 0.2) is 65.1 Å². The van der Waals surface area contributed by atoms with E-state index in [1.807, 2.05) is 50.2 Å². The average Bonchev–Trinajstić information content (AvgIpc) is 3.34. The minimum Gasteiger partial charge on any atom is -0.484 e. The molecule has 1 amide bonds. The lowest BCUT2D eigenvalue weighted by atomic mass is 10.2. The molecule has 0 unspecified atom stereocenters. The second-order valence-electron chi connectivity index (χ2n) is 7.35. The van der Waals surface area contributed by atoms with E-state index in [1.54, 1.807) is 28.9 Å². The third-order valence-electron chi connectivity index (χ3n) is 4.85. The van der Waals surface area contributed by atoms with E-state index >= 15 is 0 Å². The first-order chi connectivity index (χ1) is 15.4. The Labute approximate surface area is 195 Å². The molecule has 32 heavy (non-hydrogen) atoms. The predicted octanol–water partition coefficient (Wildman–Crippen LogP) is 6.28. The van der Waals surface area contributed by atoms with Gasteiger partial charge in [-0.2, -0.15) is 5.10 Å². The van der Waals surface area contributed by atoms with Crippen molar-refractivity contribution >= 4 is 34.9 Å². The number of halogens is 2. The Balaban J connectivity index is 1.39. The largest absolute Gasteiger partial charge is 0.484 e. The summed E-state index contributed by atoms with van der Waals surface area (Å²) in [4.78, 5) is 12.6. The third kappa shape index (κ3) is 5.15. The Morgan fingerprint density at radius 3 is 2.69 bits per heavy atom. The molecule has 0 fully saturated rings. The van der Waals surface area contributed by atoms with E-state index < -0.39 is 5.91 Å². The van der Waals surface area contributed by atoms with Gasteiger partial charge in [-0.1, -0.05) is 47.5 Å². The number of para-hydroxylation sites is 1. The maximum absolute atomic E-state index is 12.6. The van der Waals surface area contributed by atoms with Gasteiger partial charge in [-0.15, -0.1) is 0 Å². The zero-order valence-corrected chi connectivity index (χ0v) is 19.1. The van der Waals surface area contributed by atoms with Gasteiger partial charge in [0.15, 0.2) is 11.6 Å². The van der Waals surface area contributed by atoms with Crippen LogP contribution in [0.25, 0.3) is 0 Å². The van der Waals surface area contributed by atoms with Gasteiger partial charge in [0.25, 0.3) is 5.91 Å². The molecule has 6 nitrogen and oxygen atoms in total. The van der Waals surface area contributed by atoms with Crippen molar-refractivity contribution < 1.29 is 13.9 Å². The van der Waals surface area contributed by atoms with Crippen LogP contribution < -0.4 is 10.1 Å². The van der Waals surface area contributed by atoms with Gasteiger partial charge in [0.2, 0.25) is 0 Å². The van der Waals surface area contributed by atoms with Crippen LogP contribution in [-0.4, -0.2) is 15.7 Å². The van der Waals surface area contributed by atoms with Crippen molar-refractivity contribution in [3.8, 4) is 5.75 Å². The summed E-state index contributed by atoms with van der Waals surface area (Å²) >= 11 is 12.2. The highest BCUT2D eigenvalue weighted by Gasteiger charge is 2.15. The fourth-order valence-corrected chi connectivity index (χ4v) is 3.73. The third-order valence-corrected chi connectivity index (χ3v) is 5.38. The van der Waals surface area contributed by atoms with Gasteiger partial charge < -0.3 is 14.5 Å². The molecule has 164 valence electrons. The van der Waals surface area contributed by atoms with Crippen molar-refractivity contribution in [2.45, 2.75) is 27.0 Å². The smallest absolute Gasteiger partial charge is 0.292 e. The minimum absolute atomic E-state index is 0.158. The molecule has 4 aromatic rings. The number of hydrogen-bond donors (Lipinski definition) is 1. The number of ether oxygens (including phenoxy) is 1. The first-order valence-electron chi connectivity index (χ1n) is 9.96. The van der Waals surface area contributed by atoms with E-state index in [1.165, 1.54) is 0 Å². The number of amides is 1. The highest BCUT2D eigenvalue weighted by atomic mass is 35.5. The molecule has 4 rings (SSSR count). The second-order valence-corrected chi connectivity index (χ2v) is 8.20. The van der Waals surface area contributed by atoms with Crippen LogP contribution in [0.5, 0.6) is 5.75 Å². The van der Waals surface area contributed by atoms with Crippen molar-refractivity contribution in [1.29, 1.82) is 0 Å². The number of furan rings is 1. The number of nitrogens with one attached hydrogen (secondary N) is 1. The maximum atomic E-state index is 12.6. The maximum Gasteiger partial charge on any atom is 0.292 e. The van der Waals surface area contributed by atoms with E-state index in [0.29, 0.717) is 33.9 Å². The Morgan fingerprint density at radius 2 is 1.91 bits per heavy atom. The number of carbonyl (C=O) groups is 1. The predicted molar refractivity (Wildman–Crippen MR) is 125 cm³/mol. The molecule has 2 aromatic heterocycles. The van der Waals surface area contributed by atoms with Gasteiger partial charge in [0.1, 0.15) is 18.1 Å². The van der Waals surface area contributed by atoms with Crippen molar-refractivity contribution in [1.82, 2.24) is 9.78 Å². The fraction of sp³-hybridized carbons (Fsp3) is 0.167. The van der Waals surface area contributed by atoms with Crippen LogP contribution in [-0.2, 0) is 13.2 Å². The van der Waals surface area contributed by atoms with Gasteiger partial charge >= 0.3 is 0 Å². The van der Waals surface area contributed by atoms with Crippen LogP contribution in [0.3, 0.4) is 0 Å². The summed E-state index contributed by atoms with van der Waals surface area (Å²) in [5, 5.41) is 8.43. The Bertz CT molecular complexity index is 1240. The zero-order valence-electron chi connectivity index (χ0n) is 17.6. The normalized spacial score (nSPS) is 10.9. The van der Waals surface area contributed by atoms with E-state index in [2.05, 4.69) is 10.4 Å². The standard InChI is InChI=1S/C24H21Cl2N3O3/c1-15-5-3-8-20(26)23(15)31-14-19-9-10-21(32-19)24(30)27-22-11-16(2)29(28-22)13-17-6-4-7-18(25)12-17/h3-12H,13-14H2,1-2H3,(H,27,28,30). The summed E-state index contributed by atoms with van der Waals surface area (Å²) < 4.78 is 13.2. The highest BCUT2D eigenvalue weighted by molar-refractivity contribution is 6.32. The highest BCUT2D eigenvalue weighted by Crippen LogP contribution is 2.29. The number of carbonyl (C=O) groups excluding carboxylic acids is 1. The lowest BCUT2D eigenvalue weighted by Gasteiger charge is -2.09. The molecule has 0 saturated heterocycles. The van der Waals surface area contributed by atoms with Crippen LogP contribution in [0, 0.1) is 13.8 Å². The van der Waals surface area contributed by atoms with Crippen molar-refractivity contribution in [3.05, 3.63) is 99.1 Å². The lowest BCUT2D eigenvalue weighted by molar-refractivity contribution is 0.0992. The summed E-state index contributed by atoms with van der Waals surface area (Å²) in [6.45, 7) is 4.54. The van der Waals surface area contributed by atoms with Gasteiger partial charge in [-0.05, 0) is 55.3 Å². The summed E-state index contributed by atoms with van der Waals surface area (Å²) in [6.07, 6.45) is 0. The number of nitrogens with zero attached hydrogens (tertiary/aromatic N) is 2.